The van der Waals surface area contributed by atoms with Crippen molar-refractivity contribution < 1.29 is 27.6 Å². The molecule has 2 aromatic heterocycles. The molecule has 3 N–H and O–H groups in total. The van der Waals surface area contributed by atoms with E-state index in [9.17, 15) is 27.6 Å². The van der Waals surface area contributed by atoms with Gasteiger partial charge in [0.15, 0.2) is 5.78 Å². The Labute approximate surface area is 212 Å². The summed E-state index contributed by atoms with van der Waals surface area (Å²) in [5, 5.41) is 2.77. The zero-order valence-electron chi connectivity index (χ0n) is 19.2. The molecule has 36 heavy (non-hydrogen) atoms. The highest BCUT2D eigenvalue weighted by Crippen LogP contribution is 2.33. The minimum Gasteiger partial charge on any atom is -0.382 e. The summed E-state index contributed by atoms with van der Waals surface area (Å²) in [4.78, 5) is 50.5. The summed E-state index contributed by atoms with van der Waals surface area (Å²) in [7, 11) is 2.80. The monoisotopic (exact) mass is 540 g/mol. The van der Waals surface area contributed by atoms with Crippen LogP contribution in [-0.4, -0.2) is 51.5 Å². The van der Waals surface area contributed by atoms with Gasteiger partial charge in [0.1, 0.15) is 27.7 Å². The average molecular weight is 541 g/mol. The molecule has 9 nitrogen and oxygen atoms in total. The maximum atomic E-state index is 13.3. The molecule has 0 saturated carbocycles. The predicted molar refractivity (Wildman–Crippen MR) is 128 cm³/mol. The van der Waals surface area contributed by atoms with E-state index >= 15 is 0 Å². The number of hydrogen-bond donors (Lipinski definition) is 2. The first-order valence-electron chi connectivity index (χ1n) is 10.3. The highest BCUT2D eigenvalue weighted by molar-refractivity contribution is 7.13. The van der Waals surface area contributed by atoms with Crippen LogP contribution in [0.3, 0.4) is 0 Å². The van der Waals surface area contributed by atoms with Crippen molar-refractivity contribution in [3.63, 3.8) is 0 Å². The molecule has 0 aliphatic rings. The van der Waals surface area contributed by atoms with Gasteiger partial charge in [0.05, 0.1) is 16.8 Å². The van der Waals surface area contributed by atoms with E-state index in [2.05, 4.69) is 20.3 Å². The number of hydrogen-bond acceptors (Lipinski definition) is 8. The van der Waals surface area contributed by atoms with E-state index in [-0.39, 0.29) is 39.1 Å². The van der Waals surface area contributed by atoms with E-state index in [1.54, 1.807) is 6.92 Å². The summed E-state index contributed by atoms with van der Waals surface area (Å²) >= 11 is 6.97. The minimum atomic E-state index is -4.72. The van der Waals surface area contributed by atoms with Crippen molar-refractivity contribution in [2.24, 2.45) is 0 Å². The number of benzene rings is 1. The largest absolute Gasteiger partial charge is 0.416 e. The number of carbonyl (C=O) groups excluding carboxylic acids is 3. The van der Waals surface area contributed by atoms with E-state index in [0.717, 1.165) is 40.8 Å². The van der Waals surface area contributed by atoms with Crippen LogP contribution in [0.1, 0.15) is 60.4 Å². The lowest BCUT2D eigenvalue weighted by Crippen LogP contribution is -2.23. The van der Waals surface area contributed by atoms with Gasteiger partial charge in [-0.3, -0.25) is 14.4 Å². The molecule has 3 aromatic rings. The van der Waals surface area contributed by atoms with Crippen molar-refractivity contribution >= 4 is 52.0 Å². The number of rotatable bonds is 7. The Balaban J connectivity index is 1.78. The molecular weight excluding hydrogens is 521 g/mol. The maximum absolute atomic E-state index is 13.3. The standard InChI is InChI=1S/C22H20ClF3N6O3S/c1-10(4-14(33)17-16(23)18(27)30-9-29-17)20-28-8-15(36-20)19(34)31-13-6-11(21(35)32(2)3)5-12(7-13)22(24,25)26/h5-10H,4H2,1-3H3,(H,31,34)(H2,27,29,30). The number of nitrogens with two attached hydrogens (primary N) is 1. The van der Waals surface area contributed by atoms with Crippen molar-refractivity contribution in [3.8, 4) is 0 Å². The van der Waals surface area contributed by atoms with Crippen LogP contribution in [0.2, 0.25) is 5.02 Å². The number of anilines is 2. The smallest absolute Gasteiger partial charge is 0.382 e. The molecule has 1 atom stereocenters. The number of halogens is 4. The Bertz CT molecular complexity index is 1330. The number of nitrogens with one attached hydrogen (secondary N) is 1. The van der Waals surface area contributed by atoms with Crippen LogP contribution < -0.4 is 11.1 Å². The van der Waals surface area contributed by atoms with E-state index in [4.69, 9.17) is 17.3 Å². The lowest BCUT2D eigenvalue weighted by Gasteiger charge is -2.15. The Hall–Kier alpha value is -3.58. The quantitative estimate of drug-likeness (QED) is 0.421. The maximum Gasteiger partial charge on any atom is 0.416 e. The van der Waals surface area contributed by atoms with E-state index in [1.807, 2.05) is 0 Å². The highest BCUT2D eigenvalue weighted by Gasteiger charge is 2.32. The average Bonchev–Trinajstić information content (AvgIpc) is 3.30. The second kappa shape index (κ2) is 10.6. The van der Waals surface area contributed by atoms with Crippen molar-refractivity contribution in [2.45, 2.75) is 25.4 Å². The first-order valence-corrected chi connectivity index (χ1v) is 11.5. The van der Waals surface area contributed by atoms with Crippen molar-refractivity contribution in [1.29, 1.82) is 0 Å². The van der Waals surface area contributed by atoms with Crippen LogP contribution in [-0.2, 0) is 6.18 Å². The number of nitrogens with zero attached hydrogens (tertiary/aromatic N) is 4. The molecule has 14 heteroatoms. The molecule has 2 amide bonds. The third kappa shape index (κ3) is 6.15. The number of aromatic nitrogens is 3. The molecule has 0 fully saturated rings. The van der Waals surface area contributed by atoms with Gasteiger partial charge in [-0.05, 0) is 18.2 Å². The van der Waals surface area contributed by atoms with Crippen LogP contribution in [0.5, 0.6) is 0 Å². The molecule has 2 heterocycles. The number of amides is 2. The topological polar surface area (TPSA) is 131 Å². The second-order valence-electron chi connectivity index (χ2n) is 7.96. The van der Waals surface area contributed by atoms with Gasteiger partial charge in [0.25, 0.3) is 11.8 Å². The van der Waals surface area contributed by atoms with Gasteiger partial charge < -0.3 is 16.0 Å². The minimum absolute atomic E-state index is 0.0269. The molecule has 1 unspecified atom stereocenters. The fourth-order valence-corrected chi connectivity index (χ4v) is 4.17. The number of Topliss-reactive ketones (excluding diaryl/α,β-unsaturated/α-hetero) is 1. The van der Waals surface area contributed by atoms with Gasteiger partial charge in [0.2, 0.25) is 0 Å². The lowest BCUT2D eigenvalue weighted by atomic mass is 10.0. The Morgan fingerprint density at radius 1 is 1.17 bits per heavy atom. The highest BCUT2D eigenvalue weighted by atomic mass is 35.5. The van der Waals surface area contributed by atoms with Gasteiger partial charge in [-0.2, -0.15) is 13.2 Å². The molecule has 190 valence electrons. The van der Waals surface area contributed by atoms with Gasteiger partial charge >= 0.3 is 6.18 Å². The number of alkyl halides is 3. The Morgan fingerprint density at radius 3 is 2.50 bits per heavy atom. The lowest BCUT2D eigenvalue weighted by molar-refractivity contribution is -0.137. The zero-order valence-corrected chi connectivity index (χ0v) is 20.8. The van der Waals surface area contributed by atoms with Gasteiger partial charge in [-0.1, -0.05) is 18.5 Å². The predicted octanol–water partition coefficient (Wildman–Crippen LogP) is 4.52. The molecule has 0 radical (unpaired) electrons. The van der Waals surface area contributed by atoms with Crippen LogP contribution >= 0.6 is 22.9 Å². The van der Waals surface area contributed by atoms with Crippen molar-refractivity contribution in [2.75, 3.05) is 25.1 Å². The summed E-state index contributed by atoms with van der Waals surface area (Å²) < 4.78 is 40.0. The summed E-state index contributed by atoms with van der Waals surface area (Å²) in [6.07, 6.45) is -2.38. The van der Waals surface area contributed by atoms with E-state index in [0.29, 0.717) is 5.01 Å². The number of nitrogen functional groups attached to an aromatic ring is 1. The molecular formula is C22H20ClF3N6O3S. The number of thiazole rings is 1. The molecule has 1 aromatic carbocycles. The van der Waals surface area contributed by atoms with Crippen LogP contribution in [0.25, 0.3) is 0 Å². The first kappa shape index (κ1) is 27.0. The van der Waals surface area contributed by atoms with E-state index in [1.165, 1.54) is 20.3 Å². The fraction of sp³-hybridized carbons (Fsp3) is 0.273. The molecule has 0 bridgehead atoms. The van der Waals surface area contributed by atoms with Crippen LogP contribution in [0.4, 0.5) is 24.7 Å². The second-order valence-corrected chi connectivity index (χ2v) is 9.40. The molecule has 3 rings (SSSR count). The SMILES string of the molecule is CC(CC(=O)c1ncnc(N)c1Cl)c1ncc(C(=O)Nc2cc(C(=O)N(C)C)cc(C(F)(F)F)c2)s1. The summed E-state index contributed by atoms with van der Waals surface area (Å²) in [5.74, 6) is -2.22. The normalized spacial score (nSPS) is 12.2. The summed E-state index contributed by atoms with van der Waals surface area (Å²) in [6, 6.07) is 2.62. The molecule has 0 spiro atoms. The first-order chi connectivity index (χ1) is 16.8. The van der Waals surface area contributed by atoms with Crippen LogP contribution in [0, 0.1) is 0 Å². The molecule has 0 saturated heterocycles. The molecule has 0 aliphatic heterocycles. The van der Waals surface area contributed by atoms with Crippen molar-refractivity contribution in [3.05, 3.63) is 62.5 Å². The van der Waals surface area contributed by atoms with Crippen LogP contribution in [0.15, 0.2) is 30.7 Å². The summed E-state index contributed by atoms with van der Waals surface area (Å²) in [6.45, 7) is 1.71. The third-order valence-electron chi connectivity index (χ3n) is 4.91. The van der Waals surface area contributed by atoms with Gasteiger partial charge in [-0.25, -0.2) is 15.0 Å². The van der Waals surface area contributed by atoms with Crippen molar-refractivity contribution in [1.82, 2.24) is 19.9 Å². The fourth-order valence-electron chi connectivity index (χ4n) is 3.10. The Morgan fingerprint density at radius 2 is 1.86 bits per heavy atom. The van der Waals surface area contributed by atoms with Gasteiger partial charge in [-0.15, -0.1) is 11.3 Å². The Kier molecular flexibility index (Phi) is 7.94. The zero-order chi connectivity index (χ0) is 26.8. The third-order valence-corrected chi connectivity index (χ3v) is 6.51. The number of ketones is 1. The number of carbonyl (C=O) groups is 3. The molecule has 0 aliphatic carbocycles. The summed E-state index contributed by atoms with van der Waals surface area (Å²) in [5.41, 5.74) is 4.06. The van der Waals surface area contributed by atoms with E-state index < -0.39 is 35.3 Å². The van der Waals surface area contributed by atoms with Gasteiger partial charge in [0, 0.05) is 37.7 Å².